The molecule has 2 aliphatic rings. The summed E-state index contributed by atoms with van der Waals surface area (Å²) in [6, 6.07) is 2.12. The van der Waals surface area contributed by atoms with Gasteiger partial charge >= 0.3 is 0 Å². The Hall–Kier alpha value is -0.120. The highest BCUT2D eigenvalue weighted by Crippen LogP contribution is 2.27. The molecule has 0 aliphatic carbocycles. The van der Waals surface area contributed by atoms with Crippen molar-refractivity contribution in [1.29, 1.82) is 0 Å². The van der Waals surface area contributed by atoms with Crippen LogP contribution < -0.4 is 0 Å². The number of fused-ring (bicyclic) bond motifs is 1. The zero-order valence-corrected chi connectivity index (χ0v) is 11.0. The average molecular weight is 226 g/mol. The number of hydrogen-bond donors (Lipinski definition) is 0. The normalized spacial score (nSPS) is 33.9. The third kappa shape index (κ3) is 2.41. The molecule has 2 heterocycles. The van der Waals surface area contributed by atoms with Crippen molar-refractivity contribution in [1.82, 2.24) is 9.80 Å². The topological polar surface area (TPSA) is 15.7 Å². The lowest BCUT2D eigenvalue weighted by Crippen LogP contribution is -2.59. The second-order valence-electron chi connectivity index (χ2n) is 5.35. The smallest absolute Gasteiger partial charge is 0.0615 e. The van der Waals surface area contributed by atoms with Gasteiger partial charge in [-0.3, -0.25) is 9.80 Å². The number of ether oxygens (including phenoxy) is 1. The van der Waals surface area contributed by atoms with E-state index in [1.165, 1.54) is 38.9 Å². The van der Waals surface area contributed by atoms with E-state index in [0.717, 1.165) is 18.7 Å². The summed E-state index contributed by atoms with van der Waals surface area (Å²) in [6.45, 7) is 9.33. The fourth-order valence-corrected chi connectivity index (χ4v) is 3.35. The molecule has 0 N–H and O–H groups in total. The van der Waals surface area contributed by atoms with Crippen molar-refractivity contribution < 1.29 is 4.74 Å². The summed E-state index contributed by atoms with van der Waals surface area (Å²) in [5.74, 6) is 0. The molecule has 0 aromatic rings. The van der Waals surface area contributed by atoms with Crippen LogP contribution in [0.25, 0.3) is 0 Å². The molecule has 0 amide bonds. The molecule has 2 aliphatic heterocycles. The Morgan fingerprint density at radius 1 is 1.38 bits per heavy atom. The lowest BCUT2D eigenvalue weighted by Gasteiger charge is -2.46. The quantitative estimate of drug-likeness (QED) is 0.724. The van der Waals surface area contributed by atoms with E-state index in [9.17, 15) is 0 Å². The molecular formula is C13H26N2O. The van der Waals surface area contributed by atoms with Crippen molar-refractivity contribution in [2.24, 2.45) is 0 Å². The molecule has 0 aromatic heterocycles. The molecular weight excluding hydrogens is 200 g/mol. The minimum Gasteiger partial charge on any atom is -0.383 e. The van der Waals surface area contributed by atoms with Gasteiger partial charge in [-0.2, -0.15) is 0 Å². The molecule has 3 heteroatoms. The van der Waals surface area contributed by atoms with Gasteiger partial charge in [0.2, 0.25) is 0 Å². The van der Waals surface area contributed by atoms with E-state index in [4.69, 9.17) is 4.74 Å². The van der Waals surface area contributed by atoms with E-state index >= 15 is 0 Å². The van der Waals surface area contributed by atoms with Crippen LogP contribution in [0.2, 0.25) is 0 Å². The highest BCUT2D eigenvalue weighted by Gasteiger charge is 2.37. The van der Waals surface area contributed by atoms with Crippen molar-refractivity contribution in [2.75, 3.05) is 33.4 Å². The third-order valence-electron chi connectivity index (χ3n) is 4.28. The molecule has 0 spiro atoms. The Kier molecular flexibility index (Phi) is 4.22. The summed E-state index contributed by atoms with van der Waals surface area (Å²) in [5, 5.41) is 0. The molecule has 3 nitrogen and oxygen atoms in total. The van der Waals surface area contributed by atoms with Crippen LogP contribution in [0.4, 0.5) is 0 Å². The molecule has 3 unspecified atom stereocenters. The summed E-state index contributed by atoms with van der Waals surface area (Å²) in [7, 11) is 1.81. The van der Waals surface area contributed by atoms with Crippen LogP contribution in [-0.4, -0.2) is 61.3 Å². The maximum Gasteiger partial charge on any atom is 0.0615 e. The van der Waals surface area contributed by atoms with Crippen LogP contribution in [0, 0.1) is 0 Å². The van der Waals surface area contributed by atoms with E-state index in [1.54, 1.807) is 0 Å². The summed E-state index contributed by atoms with van der Waals surface area (Å²) in [5.41, 5.74) is 0. The van der Waals surface area contributed by atoms with Crippen LogP contribution >= 0.6 is 0 Å². The van der Waals surface area contributed by atoms with Gasteiger partial charge in [0.05, 0.1) is 6.61 Å². The van der Waals surface area contributed by atoms with Crippen molar-refractivity contribution in [3.8, 4) is 0 Å². The van der Waals surface area contributed by atoms with E-state index in [0.29, 0.717) is 6.04 Å². The van der Waals surface area contributed by atoms with Crippen LogP contribution in [-0.2, 0) is 4.74 Å². The molecule has 0 radical (unpaired) electrons. The van der Waals surface area contributed by atoms with Gasteiger partial charge < -0.3 is 4.74 Å². The minimum absolute atomic E-state index is 0.567. The van der Waals surface area contributed by atoms with Crippen LogP contribution in [0.15, 0.2) is 0 Å². The van der Waals surface area contributed by atoms with E-state index in [1.807, 2.05) is 7.11 Å². The SMILES string of the molecule is CCC1CN2CCCC2CN1C(C)COC. The molecule has 0 aromatic carbocycles. The molecule has 16 heavy (non-hydrogen) atoms. The van der Waals surface area contributed by atoms with Crippen molar-refractivity contribution in [3.05, 3.63) is 0 Å². The first-order valence-corrected chi connectivity index (χ1v) is 6.75. The first kappa shape index (κ1) is 12.3. The second-order valence-corrected chi connectivity index (χ2v) is 5.35. The number of piperazine rings is 1. The second kappa shape index (κ2) is 5.48. The fraction of sp³-hybridized carbons (Fsp3) is 1.00. The molecule has 2 fully saturated rings. The highest BCUT2D eigenvalue weighted by atomic mass is 16.5. The average Bonchev–Trinajstić information content (AvgIpc) is 2.74. The van der Waals surface area contributed by atoms with Gasteiger partial charge in [-0.25, -0.2) is 0 Å². The van der Waals surface area contributed by atoms with Gasteiger partial charge in [0.15, 0.2) is 0 Å². The molecule has 0 bridgehead atoms. The van der Waals surface area contributed by atoms with Gasteiger partial charge in [0.1, 0.15) is 0 Å². The Morgan fingerprint density at radius 3 is 2.88 bits per heavy atom. The van der Waals surface area contributed by atoms with E-state index < -0.39 is 0 Å². The molecule has 3 atom stereocenters. The zero-order chi connectivity index (χ0) is 11.5. The zero-order valence-electron chi connectivity index (χ0n) is 11.0. The largest absolute Gasteiger partial charge is 0.383 e. The molecule has 94 valence electrons. The number of rotatable bonds is 4. The maximum atomic E-state index is 5.31. The van der Waals surface area contributed by atoms with Gasteiger partial charge in [0, 0.05) is 38.3 Å². The molecule has 2 saturated heterocycles. The number of methoxy groups -OCH3 is 1. The van der Waals surface area contributed by atoms with Crippen molar-refractivity contribution >= 4 is 0 Å². The highest BCUT2D eigenvalue weighted by molar-refractivity contribution is 4.93. The third-order valence-corrected chi connectivity index (χ3v) is 4.28. The lowest BCUT2D eigenvalue weighted by atomic mass is 10.0. The van der Waals surface area contributed by atoms with Gasteiger partial charge in [0.25, 0.3) is 0 Å². The van der Waals surface area contributed by atoms with Crippen LogP contribution in [0.1, 0.15) is 33.1 Å². The number of hydrogen-bond acceptors (Lipinski definition) is 3. The minimum atomic E-state index is 0.567. The first-order valence-electron chi connectivity index (χ1n) is 6.75. The lowest BCUT2D eigenvalue weighted by molar-refractivity contribution is -0.00135. The number of nitrogens with zero attached hydrogens (tertiary/aromatic N) is 2. The Morgan fingerprint density at radius 2 is 2.19 bits per heavy atom. The predicted octanol–water partition coefficient (Wildman–Crippen LogP) is 1.58. The monoisotopic (exact) mass is 226 g/mol. The van der Waals surface area contributed by atoms with Crippen LogP contribution in [0.3, 0.4) is 0 Å². The summed E-state index contributed by atoms with van der Waals surface area (Å²) >= 11 is 0. The summed E-state index contributed by atoms with van der Waals surface area (Å²) in [6.07, 6.45) is 4.05. The summed E-state index contributed by atoms with van der Waals surface area (Å²) in [4.78, 5) is 5.38. The van der Waals surface area contributed by atoms with E-state index in [-0.39, 0.29) is 0 Å². The molecule has 0 saturated carbocycles. The Labute approximate surface area is 99.7 Å². The van der Waals surface area contributed by atoms with E-state index in [2.05, 4.69) is 23.6 Å². The van der Waals surface area contributed by atoms with Gasteiger partial charge in [-0.1, -0.05) is 6.92 Å². The maximum absolute atomic E-state index is 5.31. The van der Waals surface area contributed by atoms with Gasteiger partial charge in [-0.05, 0) is 32.7 Å². The fourth-order valence-electron chi connectivity index (χ4n) is 3.35. The van der Waals surface area contributed by atoms with Crippen molar-refractivity contribution in [3.63, 3.8) is 0 Å². The molecule has 2 rings (SSSR count). The van der Waals surface area contributed by atoms with Crippen LogP contribution in [0.5, 0.6) is 0 Å². The Bertz CT molecular complexity index is 222. The predicted molar refractivity (Wildman–Crippen MR) is 66.7 cm³/mol. The van der Waals surface area contributed by atoms with Gasteiger partial charge in [-0.15, -0.1) is 0 Å². The standard InChI is InChI=1S/C13H26N2O/c1-4-12-8-14-7-5-6-13(14)9-15(12)11(2)10-16-3/h11-13H,4-10H2,1-3H3. The summed E-state index contributed by atoms with van der Waals surface area (Å²) < 4.78 is 5.31. The Balaban J connectivity index is 1.98. The first-order chi connectivity index (χ1) is 7.76. The van der Waals surface area contributed by atoms with Crippen molar-refractivity contribution in [2.45, 2.75) is 51.2 Å².